The average molecular weight is 329 g/mol. The number of hydrogen-bond acceptors (Lipinski definition) is 4. The summed E-state index contributed by atoms with van der Waals surface area (Å²) in [6, 6.07) is 5.90. The number of carbonyl (C=O) groups excluding carboxylic acids is 1. The van der Waals surface area contributed by atoms with Gasteiger partial charge in [-0.15, -0.1) is 11.8 Å². The number of aryl methyl sites for hydroxylation is 1. The van der Waals surface area contributed by atoms with E-state index in [2.05, 4.69) is 10.5 Å². The van der Waals surface area contributed by atoms with Gasteiger partial charge in [0.25, 0.3) is 0 Å². The van der Waals surface area contributed by atoms with E-state index >= 15 is 0 Å². The Morgan fingerprint density at radius 3 is 2.90 bits per heavy atom. The Labute approximate surface area is 131 Å². The molecule has 21 heavy (non-hydrogen) atoms. The first-order chi connectivity index (χ1) is 9.95. The zero-order valence-electron chi connectivity index (χ0n) is 11.5. The summed E-state index contributed by atoms with van der Waals surface area (Å²) in [5, 5.41) is 6.16. The maximum atomic E-state index is 13.0. The second kappa shape index (κ2) is 6.95. The first-order valence-electron chi connectivity index (χ1n) is 6.25. The van der Waals surface area contributed by atoms with Crippen molar-refractivity contribution in [3.63, 3.8) is 0 Å². The SMILES string of the molecule is Cc1cc(CS[C@H](C)C(=O)Nc2ccc(F)c(Cl)c2)on1. The van der Waals surface area contributed by atoms with Crippen molar-refractivity contribution < 1.29 is 13.7 Å². The number of hydrogen-bond donors (Lipinski definition) is 1. The Hall–Kier alpha value is -1.53. The predicted molar refractivity (Wildman–Crippen MR) is 82.0 cm³/mol. The molecule has 2 rings (SSSR count). The van der Waals surface area contributed by atoms with Crippen LogP contribution in [0.5, 0.6) is 0 Å². The molecule has 0 aliphatic heterocycles. The summed E-state index contributed by atoms with van der Waals surface area (Å²) in [5.41, 5.74) is 1.28. The van der Waals surface area contributed by atoms with Crippen LogP contribution in [0.2, 0.25) is 5.02 Å². The van der Waals surface area contributed by atoms with Gasteiger partial charge in [0, 0.05) is 11.8 Å². The van der Waals surface area contributed by atoms with Crippen molar-refractivity contribution in [1.29, 1.82) is 0 Å². The van der Waals surface area contributed by atoms with Crippen LogP contribution in [0.15, 0.2) is 28.8 Å². The van der Waals surface area contributed by atoms with Crippen LogP contribution in [-0.4, -0.2) is 16.3 Å². The third-order valence-corrected chi connectivity index (χ3v) is 4.16. The quantitative estimate of drug-likeness (QED) is 0.900. The summed E-state index contributed by atoms with van der Waals surface area (Å²) in [5.74, 6) is 0.582. The highest BCUT2D eigenvalue weighted by Crippen LogP contribution is 2.22. The minimum atomic E-state index is -0.516. The zero-order valence-corrected chi connectivity index (χ0v) is 13.1. The van der Waals surface area contributed by atoms with Gasteiger partial charge in [-0.2, -0.15) is 0 Å². The van der Waals surface area contributed by atoms with Crippen molar-refractivity contribution in [3.05, 3.63) is 46.6 Å². The Morgan fingerprint density at radius 2 is 2.29 bits per heavy atom. The second-order valence-corrected chi connectivity index (χ2v) is 6.24. The molecule has 4 nitrogen and oxygen atoms in total. The topological polar surface area (TPSA) is 55.1 Å². The van der Waals surface area contributed by atoms with Crippen molar-refractivity contribution in [2.75, 3.05) is 5.32 Å². The molecule has 0 saturated carbocycles. The molecule has 1 atom stereocenters. The van der Waals surface area contributed by atoms with Crippen LogP contribution < -0.4 is 5.32 Å². The third kappa shape index (κ3) is 4.47. The van der Waals surface area contributed by atoms with Gasteiger partial charge in [-0.05, 0) is 32.0 Å². The lowest BCUT2D eigenvalue weighted by atomic mass is 10.3. The highest BCUT2D eigenvalue weighted by atomic mass is 35.5. The highest BCUT2D eigenvalue weighted by Gasteiger charge is 2.15. The number of benzene rings is 1. The van der Waals surface area contributed by atoms with E-state index in [1.165, 1.54) is 30.0 Å². The Kier molecular flexibility index (Phi) is 5.25. The molecule has 0 bridgehead atoms. The summed E-state index contributed by atoms with van der Waals surface area (Å²) in [7, 11) is 0. The van der Waals surface area contributed by atoms with E-state index in [9.17, 15) is 9.18 Å². The summed E-state index contributed by atoms with van der Waals surface area (Å²) in [6.45, 7) is 3.63. The molecule has 1 heterocycles. The summed E-state index contributed by atoms with van der Waals surface area (Å²) < 4.78 is 18.1. The first-order valence-corrected chi connectivity index (χ1v) is 7.68. The van der Waals surface area contributed by atoms with Crippen LogP contribution in [0, 0.1) is 12.7 Å². The van der Waals surface area contributed by atoms with Crippen molar-refractivity contribution >= 4 is 35.0 Å². The number of amides is 1. The fourth-order valence-electron chi connectivity index (χ4n) is 1.58. The maximum Gasteiger partial charge on any atom is 0.237 e. The largest absolute Gasteiger partial charge is 0.360 e. The van der Waals surface area contributed by atoms with Crippen LogP contribution in [-0.2, 0) is 10.5 Å². The number of thioether (sulfide) groups is 1. The van der Waals surface area contributed by atoms with Crippen LogP contribution in [0.25, 0.3) is 0 Å². The molecule has 7 heteroatoms. The van der Waals surface area contributed by atoms with Gasteiger partial charge in [0.15, 0.2) is 0 Å². The minimum Gasteiger partial charge on any atom is -0.360 e. The maximum absolute atomic E-state index is 13.0. The number of rotatable bonds is 5. The Bertz CT molecular complexity index is 648. The summed E-state index contributed by atoms with van der Waals surface area (Å²) in [6.07, 6.45) is 0. The van der Waals surface area contributed by atoms with Gasteiger partial charge >= 0.3 is 0 Å². The Morgan fingerprint density at radius 1 is 1.52 bits per heavy atom. The number of nitrogens with one attached hydrogen (secondary N) is 1. The van der Waals surface area contributed by atoms with Crippen LogP contribution >= 0.6 is 23.4 Å². The fraction of sp³-hybridized carbons (Fsp3) is 0.286. The van der Waals surface area contributed by atoms with Crippen LogP contribution in [0.4, 0.5) is 10.1 Å². The summed E-state index contributed by atoms with van der Waals surface area (Å²) >= 11 is 7.09. The molecule has 0 fully saturated rings. The van der Waals surface area contributed by atoms with E-state index in [1.807, 2.05) is 13.0 Å². The Balaban J connectivity index is 1.88. The van der Waals surface area contributed by atoms with Crippen molar-refractivity contribution in [2.45, 2.75) is 24.9 Å². The van der Waals surface area contributed by atoms with Crippen molar-refractivity contribution in [3.8, 4) is 0 Å². The molecule has 0 saturated heterocycles. The predicted octanol–water partition coefficient (Wildman–Crippen LogP) is 4.04. The number of anilines is 1. The van der Waals surface area contributed by atoms with Gasteiger partial charge in [-0.1, -0.05) is 16.8 Å². The summed E-state index contributed by atoms with van der Waals surface area (Å²) in [4.78, 5) is 12.0. The molecule has 112 valence electrons. The van der Waals surface area contributed by atoms with Gasteiger partial charge in [-0.25, -0.2) is 4.39 Å². The van der Waals surface area contributed by atoms with Gasteiger partial charge < -0.3 is 9.84 Å². The van der Waals surface area contributed by atoms with E-state index in [0.717, 1.165) is 11.5 Å². The molecule has 0 radical (unpaired) electrons. The van der Waals surface area contributed by atoms with Crippen LogP contribution in [0.1, 0.15) is 18.4 Å². The highest BCUT2D eigenvalue weighted by molar-refractivity contribution is 7.99. The van der Waals surface area contributed by atoms with E-state index < -0.39 is 5.82 Å². The van der Waals surface area contributed by atoms with Crippen molar-refractivity contribution in [1.82, 2.24) is 5.16 Å². The fourth-order valence-corrected chi connectivity index (χ4v) is 2.53. The smallest absolute Gasteiger partial charge is 0.237 e. The van der Waals surface area contributed by atoms with E-state index in [-0.39, 0.29) is 16.2 Å². The lowest BCUT2D eigenvalue weighted by molar-refractivity contribution is -0.115. The first kappa shape index (κ1) is 15.9. The van der Waals surface area contributed by atoms with Gasteiger partial charge in [0.2, 0.25) is 5.91 Å². The molecular weight excluding hydrogens is 315 g/mol. The molecule has 1 N–H and O–H groups in total. The van der Waals surface area contributed by atoms with Crippen LogP contribution in [0.3, 0.4) is 0 Å². The molecule has 1 aromatic heterocycles. The van der Waals surface area contributed by atoms with Gasteiger partial charge in [0.05, 0.1) is 21.7 Å². The second-order valence-electron chi connectivity index (χ2n) is 4.51. The molecule has 0 aliphatic carbocycles. The van der Waals surface area contributed by atoms with E-state index in [0.29, 0.717) is 11.4 Å². The lowest BCUT2D eigenvalue weighted by Crippen LogP contribution is -2.22. The third-order valence-electron chi connectivity index (χ3n) is 2.71. The standard InChI is InChI=1S/C14H14ClFN2O2S/c1-8-5-11(20-18-8)7-21-9(2)14(19)17-10-3-4-13(16)12(15)6-10/h3-6,9H,7H2,1-2H3,(H,17,19)/t9-/m1/s1. The number of aromatic nitrogens is 1. The molecule has 0 spiro atoms. The molecule has 1 amide bonds. The lowest BCUT2D eigenvalue weighted by Gasteiger charge is -2.11. The van der Waals surface area contributed by atoms with Gasteiger partial charge in [-0.3, -0.25) is 4.79 Å². The zero-order chi connectivity index (χ0) is 15.4. The van der Waals surface area contributed by atoms with E-state index in [4.69, 9.17) is 16.1 Å². The van der Waals surface area contributed by atoms with Gasteiger partial charge in [0.1, 0.15) is 11.6 Å². The number of carbonyl (C=O) groups is 1. The number of halogens is 2. The molecule has 2 aromatic rings. The van der Waals surface area contributed by atoms with E-state index in [1.54, 1.807) is 6.92 Å². The molecule has 0 aliphatic rings. The number of nitrogens with zero attached hydrogens (tertiary/aromatic N) is 1. The average Bonchev–Trinajstić information content (AvgIpc) is 2.86. The molecule has 0 unspecified atom stereocenters. The molecule has 1 aromatic carbocycles. The van der Waals surface area contributed by atoms with Crippen molar-refractivity contribution in [2.24, 2.45) is 0 Å². The molecular formula is C14H14ClFN2O2S. The normalized spacial score (nSPS) is 12.2. The monoisotopic (exact) mass is 328 g/mol. The minimum absolute atomic E-state index is 0.0229.